The maximum Gasteiger partial charge on any atom is 0.231 e. The van der Waals surface area contributed by atoms with Gasteiger partial charge in [-0.25, -0.2) is 0 Å². The Balaban J connectivity index is 2.00. The Morgan fingerprint density at radius 1 is 1.21 bits per heavy atom. The number of nitrogens with zero attached hydrogens (tertiary/aromatic N) is 1. The molecule has 0 fully saturated rings. The highest BCUT2D eigenvalue weighted by Crippen LogP contribution is 2.34. The van der Waals surface area contributed by atoms with Crippen molar-refractivity contribution in [1.29, 1.82) is 0 Å². The molecule has 1 aliphatic rings. The maximum absolute atomic E-state index is 10.3. The van der Waals surface area contributed by atoms with Gasteiger partial charge >= 0.3 is 0 Å². The molecular weight excluding hydrogens is 242 g/mol. The average molecular weight is 265 g/mol. The summed E-state index contributed by atoms with van der Waals surface area (Å²) < 4.78 is 10.6. The summed E-state index contributed by atoms with van der Waals surface area (Å²) in [6, 6.07) is 5.64. The van der Waals surface area contributed by atoms with Crippen LogP contribution in [-0.2, 0) is 0 Å². The summed E-state index contributed by atoms with van der Waals surface area (Å²) in [5, 5.41) is 10.3. The number of fused-ring (bicyclic) bond motifs is 1. The van der Waals surface area contributed by atoms with Crippen LogP contribution in [0.4, 0.5) is 0 Å². The minimum atomic E-state index is -0.492. The molecule has 0 saturated heterocycles. The van der Waals surface area contributed by atoms with Gasteiger partial charge in [-0.05, 0) is 30.2 Å². The van der Waals surface area contributed by atoms with Crippen LogP contribution >= 0.6 is 0 Å². The van der Waals surface area contributed by atoms with Gasteiger partial charge in [0.1, 0.15) is 0 Å². The van der Waals surface area contributed by atoms with Gasteiger partial charge in [0.05, 0.1) is 6.10 Å². The molecule has 2 rings (SSSR count). The number of likely N-dealkylation sites (N-methyl/N-ethyl adjacent to an activating group) is 1. The third-order valence-corrected chi connectivity index (χ3v) is 3.28. The Hall–Kier alpha value is -1.26. The summed E-state index contributed by atoms with van der Waals surface area (Å²) >= 11 is 0. The first-order chi connectivity index (χ1) is 9.10. The van der Waals surface area contributed by atoms with E-state index in [1.807, 2.05) is 18.2 Å². The Kier molecular flexibility index (Phi) is 4.66. The number of hydrogen-bond acceptors (Lipinski definition) is 4. The summed E-state index contributed by atoms with van der Waals surface area (Å²) in [5.41, 5.74) is 0.881. The molecule has 1 atom stereocenters. The minimum Gasteiger partial charge on any atom is -0.454 e. The van der Waals surface area contributed by atoms with Gasteiger partial charge in [-0.3, -0.25) is 0 Å². The summed E-state index contributed by atoms with van der Waals surface area (Å²) in [6.07, 6.45) is -0.492. The Bertz CT molecular complexity index is 420. The third-order valence-electron chi connectivity index (χ3n) is 3.28. The van der Waals surface area contributed by atoms with E-state index in [2.05, 4.69) is 25.7 Å². The zero-order valence-electron chi connectivity index (χ0n) is 11.9. The molecule has 4 nitrogen and oxygen atoms in total. The van der Waals surface area contributed by atoms with Gasteiger partial charge in [-0.2, -0.15) is 0 Å². The van der Waals surface area contributed by atoms with Gasteiger partial charge in [0, 0.05) is 13.1 Å². The lowest BCUT2D eigenvalue weighted by atomic mass is 10.1. The van der Waals surface area contributed by atoms with Crippen LogP contribution in [0.2, 0.25) is 0 Å². The molecule has 0 bridgehead atoms. The first kappa shape index (κ1) is 14.2. The lowest BCUT2D eigenvalue weighted by Crippen LogP contribution is -2.31. The largest absolute Gasteiger partial charge is 0.454 e. The van der Waals surface area contributed by atoms with Crippen LogP contribution in [0.3, 0.4) is 0 Å². The number of benzene rings is 1. The van der Waals surface area contributed by atoms with E-state index < -0.39 is 6.10 Å². The number of ether oxygens (including phenoxy) is 2. The topological polar surface area (TPSA) is 41.9 Å². The molecule has 1 unspecified atom stereocenters. The SMILES string of the molecule is CCN(CC(C)C)CC(O)c1ccc2c(c1)OCO2. The molecule has 1 aromatic carbocycles. The molecule has 0 aromatic heterocycles. The first-order valence-electron chi connectivity index (χ1n) is 6.90. The molecular formula is C15H23NO3. The highest BCUT2D eigenvalue weighted by atomic mass is 16.7. The van der Waals surface area contributed by atoms with Crippen molar-refractivity contribution < 1.29 is 14.6 Å². The van der Waals surface area contributed by atoms with Crippen LogP contribution in [0.1, 0.15) is 32.4 Å². The minimum absolute atomic E-state index is 0.267. The van der Waals surface area contributed by atoms with Crippen LogP contribution in [0.25, 0.3) is 0 Å². The number of aliphatic hydroxyl groups excluding tert-OH is 1. The molecule has 1 heterocycles. The zero-order valence-corrected chi connectivity index (χ0v) is 11.9. The average Bonchev–Trinajstić information content (AvgIpc) is 2.84. The fraction of sp³-hybridized carbons (Fsp3) is 0.600. The second kappa shape index (κ2) is 6.26. The smallest absolute Gasteiger partial charge is 0.231 e. The van der Waals surface area contributed by atoms with Gasteiger partial charge < -0.3 is 19.5 Å². The van der Waals surface area contributed by atoms with Crippen LogP contribution in [0, 0.1) is 5.92 Å². The predicted octanol–water partition coefficient (Wildman–Crippen LogP) is 2.43. The van der Waals surface area contributed by atoms with Crippen LogP contribution in [0.15, 0.2) is 18.2 Å². The highest BCUT2D eigenvalue weighted by Gasteiger charge is 2.18. The van der Waals surface area contributed by atoms with Crippen molar-refractivity contribution in [1.82, 2.24) is 4.90 Å². The molecule has 0 radical (unpaired) electrons. The standard InChI is InChI=1S/C15H23NO3/c1-4-16(8-11(2)3)9-13(17)12-5-6-14-15(7-12)19-10-18-14/h5-7,11,13,17H,4,8-10H2,1-3H3. The first-order valence-corrected chi connectivity index (χ1v) is 6.90. The van der Waals surface area contributed by atoms with Gasteiger partial charge in [-0.1, -0.05) is 26.8 Å². The molecule has 0 amide bonds. The molecule has 1 aliphatic heterocycles. The second-order valence-corrected chi connectivity index (χ2v) is 5.37. The summed E-state index contributed by atoms with van der Waals surface area (Å²) in [6.45, 7) is 9.36. The van der Waals surface area contributed by atoms with E-state index in [0.29, 0.717) is 12.5 Å². The van der Waals surface area contributed by atoms with E-state index in [0.717, 1.165) is 30.2 Å². The fourth-order valence-corrected chi connectivity index (χ4v) is 2.32. The van der Waals surface area contributed by atoms with E-state index in [1.54, 1.807) is 0 Å². The summed E-state index contributed by atoms with van der Waals surface area (Å²) in [4.78, 5) is 2.26. The molecule has 1 aromatic rings. The Labute approximate surface area is 114 Å². The van der Waals surface area contributed by atoms with Crippen molar-refractivity contribution in [2.45, 2.75) is 26.9 Å². The van der Waals surface area contributed by atoms with E-state index in [-0.39, 0.29) is 6.79 Å². The highest BCUT2D eigenvalue weighted by molar-refractivity contribution is 5.45. The Morgan fingerprint density at radius 3 is 2.63 bits per heavy atom. The molecule has 0 aliphatic carbocycles. The van der Waals surface area contributed by atoms with E-state index in [1.165, 1.54) is 0 Å². The maximum atomic E-state index is 10.3. The van der Waals surface area contributed by atoms with Gasteiger partial charge in [-0.15, -0.1) is 0 Å². The van der Waals surface area contributed by atoms with Crippen molar-refractivity contribution in [2.75, 3.05) is 26.4 Å². The number of rotatable bonds is 6. The summed E-state index contributed by atoms with van der Waals surface area (Å²) in [7, 11) is 0. The van der Waals surface area contributed by atoms with Crippen molar-refractivity contribution in [3.05, 3.63) is 23.8 Å². The third kappa shape index (κ3) is 3.61. The van der Waals surface area contributed by atoms with E-state index in [4.69, 9.17) is 9.47 Å². The van der Waals surface area contributed by atoms with Crippen molar-refractivity contribution in [3.63, 3.8) is 0 Å². The van der Waals surface area contributed by atoms with Crippen LogP contribution in [-0.4, -0.2) is 36.4 Å². The summed E-state index contributed by atoms with van der Waals surface area (Å²) in [5.74, 6) is 2.08. The second-order valence-electron chi connectivity index (χ2n) is 5.37. The molecule has 106 valence electrons. The molecule has 0 saturated carbocycles. The number of hydrogen-bond donors (Lipinski definition) is 1. The van der Waals surface area contributed by atoms with Crippen LogP contribution < -0.4 is 9.47 Å². The van der Waals surface area contributed by atoms with Gasteiger partial charge in [0.25, 0.3) is 0 Å². The lowest BCUT2D eigenvalue weighted by Gasteiger charge is -2.25. The molecule has 1 N–H and O–H groups in total. The monoisotopic (exact) mass is 265 g/mol. The lowest BCUT2D eigenvalue weighted by molar-refractivity contribution is 0.109. The fourth-order valence-electron chi connectivity index (χ4n) is 2.32. The Morgan fingerprint density at radius 2 is 1.95 bits per heavy atom. The van der Waals surface area contributed by atoms with E-state index in [9.17, 15) is 5.11 Å². The quantitative estimate of drug-likeness (QED) is 0.857. The zero-order chi connectivity index (χ0) is 13.8. The van der Waals surface area contributed by atoms with Crippen LogP contribution in [0.5, 0.6) is 11.5 Å². The van der Waals surface area contributed by atoms with Crippen molar-refractivity contribution >= 4 is 0 Å². The molecule has 4 heteroatoms. The van der Waals surface area contributed by atoms with E-state index >= 15 is 0 Å². The van der Waals surface area contributed by atoms with Crippen molar-refractivity contribution in [2.24, 2.45) is 5.92 Å². The van der Waals surface area contributed by atoms with Crippen molar-refractivity contribution in [3.8, 4) is 11.5 Å². The molecule has 19 heavy (non-hydrogen) atoms. The molecule has 0 spiro atoms. The van der Waals surface area contributed by atoms with Gasteiger partial charge in [0.2, 0.25) is 6.79 Å². The normalized spacial score (nSPS) is 15.3. The van der Waals surface area contributed by atoms with Gasteiger partial charge in [0.15, 0.2) is 11.5 Å². The number of aliphatic hydroxyl groups is 1. The predicted molar refractivity (Wildman–Crippen MR) is 74.5 cm³/mol.